The quantitative estimate of drug-likeness (QED) is 0.769. The Morgan fingerprint density at radius 1 is 1.10 bits per heavy atom. The van der Waals surface area contributed by atoms with E-state index >= 15 is 0 Å². The van der Waals surface area contributed by atoms with E-state index in [0.717, 1.165) is 17.9 Å². The van der Waals surface area contributed by atoms with Crippen molar-refractivity contribution in [3.63, 3.8) is 0 Å². The summed E-state index contributed by atoms with van der Waals surface area (Å²) in [7, 11) is 0. The molecule has 2 heterocycles. The van der Waals surface area contributed by atoms with Crippen LogP contribution < -0.4 is 5.32 Å². The zero-order chi connectivity index (χ0) is 13.6. The van der Waals surface area contributed by atoms with Crippen LogP contribution in [0, 0.1) is 0 Å². The highest BCUT2D eigenvalue weighted by Gasteiger charge is 1.98. The second-order valence-electron chi connectivity index (χ2n) is 4.46. The predicted molar refractivity (Wildman–Crippen MR) is 77.1 cm³/mol. The van der Waals surface area contributed by atoms with E-state index in [2.05, 4.69) is 32.5 Å². The molecule has 0 aliphatic carbocycles. The third-order valence-electron chi connectivity index (χ3n) is 2.95. The lowest BCUT2D eigenvalue weighted by molar-refractivity contribution is 0.687. The number of benzene rings is 1. The van der Waals surface area contributed by atoms with Gasteiger partial charge in [-0.1, -0.05) is 12.1 Å². The Bertz CT molecular complexity index is 649. The van der Waals surface area contributed by atoms with Crippen LogP contribution in [0.15, 0.2) is 61.3 Å². The van der Waals surface area contributed by atoms with Gasteiger partial charge in [-0.3, -0.25) is 4.68 Å². The molecule has 3 aromatic rings. The molecule has 1 N–H and O–H groups in total. The van der Waals surface area contributed by atoms with E-state index in [-0.39, 0.29) is 0 Å². The maximum Gasteiger partial charge on any atom is 0.115 e. The number of hydrogen-bond acceptors (Lipinski definition) is 4. The predicted octanol–water partition coefficient (Wildman–Crippen LogP) is 2.33. The molecule has 0 unspecified atom stereocenters. The van der Waals surface area contributed by atoms with Crippen molar-refractivity contribution in [1.82, 2.24) is 19.7 Å². The van der Waals surface area contributed by atoms with E-state index in [9.17, 15) is 0 Å². The molecule has 20 heavy (non-hydrogen) atoms. The van der Waals surface area contributed by atoms with Crippen LogP contribution in [0.5, 0.6) is 0 Å². The van der Waals surface area contributed by atoms with Crippen molar-refractivity contribution in [2.45, 2.75) is 13.1 Å². The molecule has 0 bridgehead atoms. The fourth-order valence-electron chi connectivity index (χ4n) is 1.98. The Balaban J connectivity index is 1.65. The largest absolute Gasteiger partial charge is 0.379 e. The van der Waals surface area contributed by atoms with Gasteiger partial charge in [-0.25, -0.2) is 9.97 Å². The number of nitrogens with zero attached hydrogens (tertiary/aromatic N) is 4. The molecular formula is C15H15N5. The highest BCUT2D eigenvalue weighted by molar-refractivity contribution is 5.45. The van der Waals surface area contributed by atoms with E-state index in [0.29, 0.717) is 6.54 Å². The molecule has 0 radical (unpaired) electrons. The monoisotopic (exact) mass is 265 g/mol. The minimum atomic E-state index is 0.688. The smallest absolute Gasteiger partial charge is 0.115 e. The van der Waals surface area contributed by atoms with Gasteiger partial charge < -0.3 is 5.32 Å². The highest BCUT2D eigenvalue weighted by Crippen LogP contribution is 2.12. The molecular weight excluding hydrogens is 250 g/mol. The Labute approximate surface area is 117 Å². The van der Waals surface area contributed by atoms with Gasteiger partial charge in [0.2, 0.25) is 0 Å². The van der Waals surface area contributed by atoms with Gasteiger partial charge in [-0.2, -0.15) is 5.10 Å². The van der Waals surface area contributed by atoms with Gasteiger partial charge in [-0.15, -0.1) is 0 Å². The maximum atomic E-state index is 4.21. The third-order valence-corrected chi connectivity index (χ3v) is 2.95. The number of hydrogen-bond donors (Lipinski definition) is 1. The fraction of sp³-hybridized carbons (Fsp3) is 0.133. The Morgan fingerprint density at radius 3 is 2.90 bits per heavy atom. The molecule has 0 amide bonds. The van der Waals surface area contributed by atoms with Crippen LogP contribution in [0.1, 0.15) is 11.3 Å². The number of nitrogens with one attached hydrogen (secondary N) is 1. The standard InChI is InChI=1S/C15H15N5/c1-3-13(11-20-8-2-6-19-20)9-14(4-1)17-10-15-5-7-16-12-18-15/h1-9,12,17H,10-11H2. The molecule has 0 saturated heterocycles. The number of aromatic nitrogens is 4. The number of rotatable bonds is 5. The van der Waals surface area contributed by atoms with Crippen LogP contribution >= 0.6 is 0 Å². The maximum absolute atomic E-state index is 4.21. The van der Waals surface area contributed by atoms with Crippen molar-refractivity contribution in [2.75, 3.05) is 5.32 Å². The Hall–Kier alpha value is -2.69. The minimum absolute atomic E-state index is 0.688. The average molecular weight is 265 g/mol. The second-order valence-corrected chi connectivity index (χ2v) is 4.46. The lowest BCUT2D eigenvalue weighted by Crippen LogP contribution is -2.03. The van der Waals surface area contributed by atoms with Gasteiger partial charge in [0, 0.05) is 24.3 Å². The molecule has 1 aromatic carbocycles. The summed E-state index contributed by atoms with van der Waals surface area (Å²) in [5.74, 6) is 0. The first kappa shape index (κ1) is 12.3. The summed E-state index contributed by atoms with van der Waals surface area (Å²) in [4.78, 5) is 8.10. The van der Waals surface area contributed by atoms with Gasteiger partial charge in [0.15, 0.2) is 0 Å². The molecule has 5 nitrogen and oxygen atoms in total. The SMILES string of the molecule is c1cc(Cn2cccn2)cc(NCc2ccncn2)c1. The summed E-state index contributed by atoms with van der Waals surface area (Å²) < 4.78 is 1.91. The van der Waals surface area contributed by atoms with Crippen molar-refractivity contribution < 1.29 is 0 Å². The third kappa shape index (κ3) is 3.20. The van der Waals surface area contributed by atoms with Crippen LogP contribution in [0.3, 0.4) is 0 Å². The average Bonchev–Trinajstić information content (AvgIpc) is 3.00. The summed E-state index contributed by atoms with van der Waals surface area (Å²) in [5, 5.41) is 7.58. The first-order chi connectivity index (χ1) is 9.90. The van der Waals surface area contributed by atoms with E-state index in [1.807, 2.05) is 35.1 Å². The van der Waals surface area contributed by atoms with Crippen molar-refractivity contribution in [3.8, 4) is 0 Å². The van der Waals surface area contributed by atoms with Crippen LogP contribution in [-0.2, 0) is 13.1 Å². The topological polar surface area (TPSA) is 55.6 Å². The van der Waals surface area contributed by atoms with Crippen molar-refractivity contribution in [3.05, 3.63) is 72.6 Å². The first-order valence-electron chi connectivity index (χ1n) is 6.45. The van der Waals surface area contributed by atoms with Crippen LogP contribution in [0.2, 0.25) is 0 Å². The summed E-state index contributed by atoms with van der Waals surface area (Å²) in [6, 6.07) is 12.1. The minimum Gasteiger partial charge on any atom is -0.379 e. The molecule has 3 rings (SSSR count). The summed E-state index contributed by atoms with van der Waals surface area (Å²) in [5.41, 5.74) is 3.26. The first-order valence-corrected chi connectivity index (χ1v) is 6.45. The zero-order valence-corrected chi connectivity index (χ0v) is 11.0. The van der Waals surface area contributed by atoms with E-state index < -0.39 is 0 Å². The fourth-order valence-corrected chi connectivity index (χ4v) is 1.98. The van der Waals surface area contributed by atoms with Gasteiger partial charge in [0.05, 0.1) is 18.8 Å². The van der Waals surface area contributed by atoms with Crippen molar-refractivity contribution in [2.24, 2.45) is 0 Å². The van der Waals surface area contributed by atoms with Crippen molar-refractivity contribution >= 4 is 5.69 Å². The van der Waals surface area contributed by atoms with Gasteiger partial charge in [0.1, 0.15) is 6.33 Å². The molecule has 2 aromatic heterocycles. The summed E-state index contributed by atoms with van der Waals surface area (Å²) >= 11 is 0. The highest BCUT2D eigenvalue weighted by atomic mass is 15.3. The molecule has 0 saturated carbocycles. The van der Waals surface area contributed by atoms with Gasteiger partial charge >= 0.3 is 0 Å². The van der Waals surface area contributed by atoms with Crippen LogP contribution in [-0.4, -0.2) is 19.7 Å². The summed E-state index contributed by atoms with van der Waals surface area (Å²) in [6.45, 7) is 1.46. The van der Waals surface area contributed by atoms with Crippen molar-refractivity contribution in [1.29, 1.82) is 0 Å². The zero-order valence-electron chi connectivity index (χ0n) is 11.0. The van der Waals surface area contributed by atoms with E-state index in [4.69, 9.17) is 0 Å². The van der Waals surface area contributed by atoms with Crippen LogP contribution in [0.4, 0.5) is 5.69 Å². The summed E-state index contributed by atoms with van der Waals surface area (Å²) in [6.07, 6.45) is 7.06. The molecule has 0 aliphatic heterocycles. The molecule has 0 spiro atoms. The Kier molecular flexibility index (Phi) is 3.68. The van der Waals surface area contributed by atoms with Gasteiger partial charge in [0.25, 0.3) is 0 Å². The second kappa shape index (κ2) is 5.97. The molecule has 0 fully saturated rings. The molecule has 5 heteroatoms. The van der Waals surface area contributed by atoms with E-state index in [1.54, 1.807) is 18.7 Å². The van der Waals surface area contributed by atoms with E-state index in [1.165, 1.54) is 5.56 Å². The van der Waals surface area contributed by atoms with Crippen LogP contribution in [0.25, 0.3) is 0 Å². The molecule has 100 valence electrons. The Morgan fingerprint density at radius 2 is 2.10 bits per heavy atom. The lowest BCUT2D eigenvalue weighted by atomic mass is 10.2. The molecule has 0 atom stereocenters. The number of anilines is 1. The lowest BCUT2D eigenvalue weighted by Gasteiger charge is -2.08. The molecule has 0 aliphatic rings. The normalized spacial score (nSPS) is 10.4. The van der Waals surface area contributed by atoms with Gasteiger partial charge in [-0.05, 0) is 29.8 Å².